The first-order valence-corrected chi connectivity index (χ1v) is 43.1. The molecular weight excluding hydrogens is 1520 g/mol. The smallest absolute Gasteiger partial charge is 0.222 e. The topological polar surface area (TPSA) is 519 Å². The fourth-order valence-corrected chi connectivity index (χ4v) is 6.73. The number of nitrogens with two attached hydrogens (primary N) is 4. The molecule has 1 unspecified atom stereocenters. The fraction of sp³-hybridized carbons (Fsp3) is 0.793. The Morgan fingerprint density at radius 3 is 0.817 bits per heavy atom. The van der Waals surface area contributed by atoms with Crippen molar-refractivity contribution < 1.29 is 29.4 Å². The average molecular weight is 1700 g/mol. The minimum absolute atomic E-state index is 0.00926. The Kier molecular flexibility index (Phi) is 78.3. The van der Waals surface area contributed by atoms with Gasteiger partial charge in [0.1, 0.15) is 18.2 Å². The number of aliphatic imine (C=N–C) groups is 2. The molecule has 6 heterocycles. The molecule has 1 atom stereocenters. The summed E-state index contributed by atoms with van der Waals surface area (Å²) >= 11 is 0. The molecule has 1 aliphatic rings. The second-order valence-corrected chi connectivity index (χ2v) is 35.8. The van der Waals surface area contributed by atoms with Gasteiger partial charge in [-0.1, -0.05) is 265 Å². The van der Waals surface area contributed by atoms with Gasteiger partial charge in [0.05, 0.1) is 29.2 Å². The number of nitrogens with one attached hydrogen (secondary N) is 7. The number of hydrogen-bond donors (Lipinski definition) is 13. The van der Waals surface area contributed by atoms with Crippen molar-refractivity contribution in [2.24, 2.45) is 113 Å². The number of aliphatic hydroxyl groups is 2. The van der Waals surface area contributed by atoms with E-state index >= 15 is 0 Å². The van der Waals surface area contributed by atoms with Crippen LogP contribution in [0.2, 0.25) is 0 Å². The summed E-state index contributed by atoms with van der Waals surface area (Å²) in [5, 5.41) is 75.1. The second-order valence-electron chi connectivity index (χ2n) is 35.8. The number of carbonyl (C=O) groups is 4. The number of H-pyrrole nitrogens is 5. The molecule has 0 radical (unpaired) electrons. The maximum absolute atomic E-state index is 10.8. The van der Waals surface area contributed by atoms with Crippen molar-refractivity contribution in [3.8, 4) is 0 Å². The van der Waals surface area contributed by atoms with Crippen molar-refractivity contribution in [3.05, 3.63) is 64.7 Å². The number of allylic oxidation sites excluding steroid dienone is 2. The number of amides is 4. The van der Waals surface area contributed by atoms with Gasteiger partial charge in [-0.15, -0.1) is 35.7 Å². The first-order valence-electron chi connectivity index (χ1n) is 43.1. The summed E-state index contributed by atoms with van der Waals surface area (Å²) < 4.78 is 0. The molecule has 0 bridgehead atoms. The summed E-state index contributed by atoms with van der Waals surface area (Å²) in [6.45, 7) is 89.4. The lowest BCUT2D eigenvalue weighted by molar-refractivity contribution is -0.125. The number of aromatic amines is 5. The number of primary amides is 2. The molecule has 33 heteroatoms. The number of hydrogen-bond acceptors (Lipinski definition) is 22. The minimum Gasteiger partial charge on any atom is -0.512 e. The van der Waals surface area contributed by atoms with E-state index in [4.69, 9.17) is 28.0 Å². The summed E-state index contributed by atoms with van der Waals surface area (Å²) in [6, 6.07) is 1.18. The highest BCUT2D eigenvalue weighted by molar-refractivity contribution is 5.88. The van der Waals surface area contributed by atoms with Crippen LogP contribution in [0.4, 0.5) is 0 Å². The molecule has 4 amide bonds. The average Bonchev–Trinajstić information content (AvgIpc) is 1.75. The lowest BCUT2D eigenvalue weighted by Gasteiger charge is -2.15. The van der Waals surface area contributed by atoms with Gasteiger partial charge in [0.2, 0.25) is 23.6 Å². The van der Waals surface area contributed by atoms with Crippen molar-refractivity contribution in [2.45, 2.75) is 383 Å². The summed E-state index contributed by atoms with van der Waals surface area (Å²) in [6.07, 6.45) is 6.56. The van der Waals surface area contributed by atoms with Crippen molar-refractivity contribution in [2.75, 3.05) is 6.54 Å². The molecule has 0 spiro atoms. The Hall–Kier alpha value is -8.78. The van der Waals surface area contributed by atoms with Crippen LogP contribution < -0.4 is 33.6 Å². The minimum atomic E-state index is -0.241. The first kappa shape index (κ1) is 127. The Labute approximate surface area is 726 Å². The first-order chi connectivity index (χ1) is 54.9. The molecule has 6 rings (SSSR count). The van der Waals surface area contributed by atoms with Gasteiger partial charge in [-0.2, -0.15) is 20.8 Å². The Balaban J connectivity index is -0.000000188. The number of imidazole rings is 2. The van der Waals surface area contributed by atoms with E-state index in [0.717, 1.165) is 52.9 Å². The largest absolute Gasteiger partial charge is 0.512 e. The van der Waals surface area contributed by atoms with Crippen LogP contribution in [-0.4, -0.2) is 170 Å². The molecule has 0 fully saturated rings. The fourth-order valence-electron chi connectivity index (χ4n) is 6.73. The van der Waals surface area contributed by atoms with Gasteiger partial charge in [0, 0.05) is 119 Å². The molecule has 0 aromatic carbocycles. The van der Waals surface area contributed by atoms with Gasteiger partial charge in [0.15, 0.2) is 17.5 Å². The van der Waals surface area contributed by atoms with Crippen molar-refractivity contribution in [3.63, 3.8) is 0 Å². The zero-order chi connectivity index (χ0) is 95.7. The summed E-state index contributed by atoms with van der Waals surface area (Å²) in [5.41, 5.74) is 24.3. The Morgan fingerprint density at radius 1 is 0.425 bits per heavy atom. The van der Waals surface area contributed by atoms with E-state index in [9.17, 15) is 24.3 Å². The molecule has 0 saturated carbocycles. The number of nitrogens with zero attached hydrogens (tertiary/aromatic N) is 16. The van der Waals surface area contributed by atoms with Gasteiger partial charge >= 0.3 is 0 Å². The quantitative estimate of drug-likeness (QED) is 0.0164. The number of rotatable bonds is 23. The van der Waals surface area contributed by atoms with Crippen molar-refractivity contribution in [1.82, 2.24) is 92.4 Å². The van der Waals surface area contributed by atoms with Crippen molar-refractivity contribution in [1.29, 1.82) is 0 Å². The Morgan fingerprint density at radius 2 is 0.725 bits per heavy atom. The molecule has 5 aromatic heterocycles. The van der Waals surface area contributed by atoms with Gasteiger partial charge in [-0.3, -0.25) is 29.2 Å². The van der Waals surface area contributed by atoms with Crippen LogP contribution in [0.1, 0.15) is 393 Å². The summed E-state index contributed by atoms with van der Waals surface area (Å²) in [7, 11) is 0. The summed E-state index contributed by atoms with van der Waals surface area (Å²) in [4.78, 5) is 65.0. The number of carbonyl (C=O) groups excluding carboxylic acids is 4. The maximum atomic E-state index is 10.8. The van der Waals surface area contributed by atoms with Crippen LogP contribution in [0.3, 0.4) is 0 Å². The van der Waals surface area contributed by atoms with E-state index in [1.807, 2.05) is 198 Å². The van der Waals surface area contributed by atoms with E-state index in [-0.39, 0.29) is 71.4 Å². The normalized spacial score (nSPS) is 12.0. The third-order valence-corrected chi connectivity index (χ3v) is 15.0. The van der Waals surface area contributed by atoms with E-state index < -0.39 is 0 Å². The SMILES string of the molecule is CC(C)/C=C(\O)C(C)C.CC(C)C(N)=O.CC(C)C(N)=O.CC(C)C1=NN=NC1.CC(C)CC(O)C(C)C.CC(C)N=C(N)C(C)C.CC(C)N=C(N)C(C)C.CC(C)NC(=O)C(C)C.CC(C)NC(=O)C(C)C.CC(C)c1cnc(C(C)C)[nH]1.CC(C)c1cnc(C(C)C)[nH]1.CC(C)c1nn[nH]n1.CC(C)c1nn[nH]n1.CC(C)c1nn[nH]n1. The van der Waals surface area contributed by atoms with Gasteiger partial charge < -0.3 is 53.7 Å². The zero-order valence-electron chi connectivity index (χ0n) is 83.4. The van der Waals surface area contributed by atoms with Gasteiger partial charge in [-0.25, -0.2) is 9.97 Å². The zero-order valence-corrected chi connectivity index (χ0v) is 83.4. The molecular formula is C87H179N27O6. The molecule has 33 nitrogen and oxygen atoms in total. The Bertz CT molecular complexity index is 3070. The predicted molar refractivity (Wildman–Crippen MR) is 499 cm³/mol. The van der Waals surface area contributed by atoms with Gasteiger partial charge in [0.25, 0.3) is 0 Å². The highest BCUT2D eigenvalue weighted by Crippen LogP contribution is 2.18. The molecule has 698 valence electrons. The predicted octanol–water partition coefficient (Wildman–Crippen LogP) is 17.9. The lowest BCUT2D eigenvalue weighted by atomic mass is 9.98. The number of aliphatic hydroxyl groups excluding tert-OH is 2. The van der Waals surface area contributed by atoms with E-state index in [1.54, 1.807) is 27.7 Å². The van der Waals surface area contributed by atoms with E-state index in [0.29, 0.717) is 101 Å². The van der Waals surface area contributed by atoms with Crippen LogP contribution in [0.25, 0.3) is 0 Å². The van der Waals surface area contributed by atoms with Gasteiger partial charge in [-0.05, 0) is 109 Å². The van der Waals surface area contributed by atoms with E-state index in [2.05, 4.69) is 215 Å². The molecule has 5 aromatic rings. The van der Waals surface area contributed by atoms with Crippen molar-refractivity contribution >= 4 is 41.0 Å². The lowest BCUT2D eigenvalue weighted by Crippen LogP contribution is -2.33. The van der Waals surface area contributed by atoms with Crippen LogP contribution in [-0.2, 0) is 19.2 Å². The van der Waals surface area contributed by atoms with Crippen LogP contribution in [0.5, 0.6) is 0 Å². The van der Waals surface area contributed by atoms with Crippen LogP contribution in [0, 0.1) is 65.1 Å². The number of tetrazole rings is 3. The maximum Gasteiger partial charge on any atom is 0.222 e. The number of aromatic nitrogens is 16. The highest BCUT2D eigenvalue weighted by atomic mass is 16.3. The third-order valence-electron chi connectivity index (χ3n) is 15.0. The van der Waals surface area contributed by atoms with E-state index in [1.165, 1.54) is 11.4 Å². The molecule has 1 aliphatic heterocycles. The highest BCUT2D eigenvalue weighted by Gasteiger charge is 2.13. The monoisotopic (exact) mass is 1700 g/mol. The second kappa shape index (κ2) is 74.1. The van der Waals surface area contributed by atoms with Crippen LogP contribution >= 0.6 is 0 Å². The number of amidine groups is 2. The molecule has 120 heavy (non-hydrogen) atoms. The summed E-state index contributed by atoms with van der Waals surface area (Å²) in [5.74, 6) is 12.7. The third kappa shape index (κ3) is 81.6. The molecule has 0 saturated heterocycles. The van der Waals surface area contributed by atoms with Crippen LogP contribution in [0.15, 0.2) is 49.7 Å². The molecule has 0 aliphatic carbocycles. The molecule has 17 N–H and O–H groups in total. The standard InChI is InChI=1S/2C9H16N2.C8H18O.C8H16O.2C7H16N2.2C7H15NO.C5H9N3.3C4H8N4.2C4H9NO/c2*1-6(2)8-5-10-9(11-8)7(3)4;2*1-6(2)5-8(9)7(3)4;2*1-5(2)7(8)9-6(3)4;2*1-5(2)7(9)8-6(3)4;1-4(2)5-3-6-8-7-5;3*1-3(2)4-5-7-8-6-4;2*1-3(2)4(5)6/h2*5-7H,1-4H3,(H,10,11);6-9H,5H2,1-4H3;5-7,9H,1-4H3;2*5-6H,1-4H3,(H2,8,9);2*5-6H,1-4H3,(H,8,9);4H,3H2,1-2H3;3*3H,1-2H3,(H,5,6,7,8);2*3H,1-2H3,(H2,5,6)/b;;;8-5-;;;;;;;;;;.